The molecule has 0 aromatic heterocycles. The van der Waals surface area contributed by atoms with Crippen LogP contribution in [0.2, 0.25) is 0 Å². The van der Waals surface area contributed by atoms with Gasteiger partial charge in [0.1, 0.15) is 13.3 Å². The summed E-state index contributed by atoms with van der Waals surface area (Å²) in [6, 6.07) is 10.5. The van der Waals surface area contributed by atoms with Gasteiger partial charge in [0.05, 0.1) is 21.8 Å². The van der Waals surface area contributed by atoms with Crippen LogP contribution in [0, 0.1) is 6.92 Å². The van der Waals surface area contributed by atoms with Crippen molar-refractivity contribution in [2.75, 3.05) is 43.3 Å². The zero-order valence-corrected chi connectivity index (χ0v) is 36.2. The van der Waals surface area contributed by atoms with E-state index in [0.717, 1.165) is 53.9 Å². The number of rotatable bonds is 21. The van der Waals surface area contributed by atoms with E-state index >= 15 is 0 Å². The van der Waals surface area contributed by atoms with Gasteiger partial charge in [0.25, 0.3) is 30.4 Å². The van der Waals surface area contributed by atoms with Crippen molar-refractivity contribution in [1.82, 2.24) is 5.32 Å². The minimum atomic E-state index is -4.47. The zero-order valence-electron chi connectivity index (χ0n) is 33.7. The van der Waals surface area contributed by atoms with Gasteiger partial charge < -0.3 is 15.0 Å². The molecule has 17 heteroatoms. The number of ether oxygens (including phenoxy) is 1. The lowest BCUT2D eigenvalue weighted by atomic mass is 9.75. The van der Waals surface area contributed by atoms with Crippen molar-refractivity contribution in [3.63, 3.8) is 0 Å². The third kappa shape index (κ3) is 12.3. The molecule has 0 saturated carbocycles. The Morgan fingerprint density at radius 3 is 2.17 bits per heavy atom. The number of nitrogens with one attached hydrogen (secondary N) is 1. The zero-order chi connectivity index (χ0) is 42.9. The summed E-state index contributed by atoms with van der Waals surface area (Å²) in [5.41, 5.74) is 5.06. The highest BCUT2D eigenvalue weighted by molar-refractivity contribution is 7.86. The molecule has 0 saturated heterocycles. The van der Waals surface area contributed by atoms with E-state index < -0.39 is 46.9 Å². The van der Waals surface area contributed by atoms with Gasteiger partial charge in [-0.15, -0.1) is 0 Å². The highest BCUT2D eigenvalue weighted by atomic mass is 32.2. The number of hydrogen-bond donors (Lipinski definition) is 4. The van der Waals surface area contributed by atoms with Crippen molar-refractivity contribution < 1.29 is 53.0 Å². The molecule has 2 aliphatic rings. The number of nitrogens with zero attached hydrogens (tertiary/aromatic N) is 2. The van der Waals surface area contributed by atoms with Crippen molar-refractivity contribution in [2.45, 2.75) is 88.4 Å². The van der Waals surface area contributed by atoms with Crippen molar-refractivity contribution in [3.05, 3.63) is 101 Å². The highest BCUT2D eigenvalue weighted by Gasteiger charge is 2.47. The first-order valence-corrected chi connectivity index (χ1v) is 23.8. The summed E-state index contributed by atoms with van der Waals surface area (Å²) in [7, 11) is -11.3. The summed E-state index contributed by atoms with van der Waals surface area (Å²) in [6.07, 6.45) is 17.0. The van der Waals surface area contributed by atoms with Crippen molar-refractivity contribution in [3.8, 4) is 0 Å². The Balaban J connectivity index is 1.61. The monoisotopic (exact) mass is 862 g/mol. The summed E-state index contributed by atoms with van der Waals surface area (Å²) < 4.78 is 106. The summed E-state index contributed by atoms with van der Waals surface area (Å²) in [4.78, 5) is 13.7. The molecule has 0 bridgehead atoms. The number of unbranched alkanes of at least 4 members (excludes halogenated alkanes) is 2. The maximum absolute atomic E-state index is 12.1. The molecular formula is C41H56N3O11S3+. The molecule has 4 rings (SSSR count). The van der Waals surface area contributed by atoms with E-state index in [4.69, 9.17) is 4.74 Å². The summed E-state index contributed by atoms with van der Waals surface area (Å²) in [6.45, 7) is 8.77. The Kier molecular flexibility index (Phi) is 15.6. The topological polar surface area (TPSA) is 208 Å². The van der Waals surface area contributed by atoms with E-state index in [9.17, 15) is 43.7 Å². The Hall–Kier alpha value is -3.97. The molecule has 0 radical (unpaired) electrons. The molecule has 2 aromatic carbocycles. The molecule has 1 amide bonds. The number of carbonyl (C=O) groups excluding carboxylic acids is 1. The fourth-order valence-electron chi connectivity index (χ4n) is 7.70. The van der Waals surface area contributed by atoms with Crippen molar-refractivity contribution in [2.24, 2.45) is 0 Å². The van der Waals surface area contributed by atoms with E-state index in [1.165, 1.54) is 19.2 Å². The lowest BCUT2D eigenvalue weighted by Gasteiger charge is -2.27. The number of carbonyl (C=O) groups is 1. The number of amides is 1. The fourth-order valence-corrected chi connectivity index (χ4v) is 9.20. The summed E-state index contributed by atoms with van der Waals surface area (Å²) in [5.74, 6) is -0.882. The normalized spacial score (nSPS) is 19.0. The minimum absolute atomic E-state index is 0.0635. The summed E-state index contributed by atoms with van der Waals surface area (Å²) >= 11 is 0. The average molecular weight is 863 g/mol. The van der Waals surface area contributed by atoms with E-state index in [0.29, 0.717) is 24.2 Å². The quantitative estimate of drug-likeness (QED) is 0.0365. The Bertz CT molecular complexity index is 2330. The van der Waals surface area contributed by atoms with Crippen LogP contribution in [-0.4, -0.2) is 93.5 Å². The van der Waals surface area contributed by atoms with E-state index in [2.05, 4.69) is 22.9 Å². The van der Waals surface area contributed by atoms with Crippen LogP contribution in [-0.2, 0) is 50.7 Å². The van der Waals surface area contributed by atoms with E-state index in [1.54, 1.807) is 6.07 Å². The van der Waals surface area contributed by atoms with Crippen LogP contribution in [0.5, 0.6) is 0 Å². The lowest BCUT2D eigenvalue weighted by Crippen LogP contribution is -2.31. The molecule has 58 heavy (non-hydrogen) atoms. The second-order valence-corrected chi connectivity index (χ2v) is 19.9. The Labute approximate surface area is 343 Å². The molecule has 0 aliphatic carbocycles. The van der Waals surface area contributed by atoms with E-state index in [1.807, 2.05) is 80.3 Å². The molecule has 1 atom stereocenters. The molecule has 2 aliphatic heterocycles. The number of benzene rings is 2. The molecule has 0 fully saturated rings. The number of fused-ring (bicyclic) bond motifs is 2. The van der Waals surface area contributed by atoms with Gasteiger partial charge in [0.15, 0.2) is 5.71 Å². The van der Waals surface area contributed by atoms with Crippen LogP contribution in [0.25, 0.3) is 0 Å². The lowest BCUT2D eigenvalue weighted by molar-refractivity contribution is -0.437. The maximum Gasteiger partial charge on any atom is 0.294 e. The van der Waals surface area contributed by atoms with Crippen LogP contribution >= 0.6 is 0 Å². The second-order valence-electron chi connectivity index (χ2n) is 15.4. The predicted molar refractivity (Wildman–Crippen MR) is 226 cm³/mol. The van der Waals surface area contributed by atoms with Gasteiger partial charge in [-0.25, -0.2) is 0 Å². The van der Waals surface area contributed by atoms with Gasteiger partial charge in [0.2, 0.25) is 11.6 Å². The van der Waals surface area contributed by atoms with Gasteiger partial charge in [-0.2, -0.15) is 29.8 Å². The number of methoxy groups -OCH3 is 1. The number of hydrogen-bond acceptors (Lipinski definition) is 9. The second kappa shape index (κ2) is 19.4. The van der Waals surface area contributed by atoms with Gasteiger partial charge >= 0.3 is 0 Å². The predicted octanol–water partition coefficient (Wildman–Crippen LogP) is 6.17. The Morgan fingerprint density at radius 2 is 1.50 bits per heavy atom. The fraction of sp³-hybridized carbons (Fsp3) is 0.463. The minimum Gasteiger partial charge on any atom is -0.364 e. The largest absolute Gasteiger partial charge is 0.364 e. The molecule has 4 N–H and O–H groups in total. The molecule has 0 spiro atoms. The van der Waals surface area contributed by atoms with Crippen LogP contribution < -0.4 is 10.2 Å². The third-order valence-electron chi connectivity index (χ3n) is 10.6. The van der Waals surface area contributed by atoms with Crippen molar-refractivity contribution >= 4 is 53.3 Å². The molecule has 1 unspecified atom stereocenters. The summed E-state index contributed by atoms with van der Waals surface area (Å²) in [5, 5.41) is 2.71. The molecule has 2 aromatic rings. The smallest absolute Gasteiger partial charge is 0.294 e. The van der Waals surface area contributed by atoms with Crippen LogP contribution in [0.3, 0.4) is 0 Å². The first-order chi connectivity index (χ1) is 27.1. The number of anilines is 1. The van der Waals surface area contributed by atoms with Gasteiger partial charge in [-0.1, -0.05) is 68.7 Å². The van der Waals surface area contributed by atoms with Gasteiger partial charge in [-0.3, -0.25) is 18.5 Å². The highest BCUT2D eigenvalue weighted by Crippen LogP contribution is 2.49. The Morgan fingerprint density at radius 1 is 0.828 bits per heavy atom. The number of allylic oxidation sites excluding steroid dienone is 8. The van der Waals surface area contributed by atoms with Gasteiger partial charge in [-0.05, 0) is 69.0 Å². The van der Waals surface area contributed by atoms with E-state index in [-0.39, 0.29) is 42.7 Å². The van der Waals surface area contributed by atoms with Gasteiger partial charge in [0, 0.05) is 61.0 Å². The molecule has 2 heterocycles. The molecular weight excluding hydrogens is 807 g/mol. The number of aryl methyl sites for hydroxylation is 1. The first-order valence-electron chi connectivity index (χ1n) is 19.1. The molecule has 318 valence electrons. The maximum atomic E-state index is 12.1. The van der Waals surface area contributed by atoms with Crippen molar-refractivity contribution in [1.29, 1.82) is 0 Å². The van der Waals surface area contributed by atoms with Crippen LogP contribution in [0.15, 0.2) is 89.5 Å². The SMILES string of the molecule is COCNC(=O)CCCCCC1(C)C(/C=C/C=C/C=C/C=C2/N(CCCS(=O)(=O)O)c3ccc(S(=O)(=O)O)cc3C2(C)C)=[N+](CCCS(=O)(=O)O)c2ccc(C)cc21. The molecule has 14 nitrogen and oxygen atoms in total. The van der Waals surface area contributed by atoms with Crippen LogP contribution in [0.4, 0.5) is 11.4 Å². The van der Waals surface area contributed by atoms with Crippen LogP contribution in [0.1, 0.15) is 82.4 Å². The average Bonchev–Trinajstić information content (AvgIpc) is 3.47. The standard InChI is InChI=1S/C41H55N3O11S3/c1-31-19-21-36-34(28-31)41(4,23-13-9-12-18-39(45)42-30-55-5)38(44(36)25-15-27-57(49,50)51)17-11-8-6-7-10-16-37-40(2,3)33-29-32(58(52,53)54)20-22-35(33)43(37)24-14-26-56(46,47)48/h6-8,10-11,16-17,19-22,28-29H,9,12-15,18,23-27,30H2,1-5H3,(H3-,42,45,46,47,48,49,50,51,52,53,54)/p+1. The third-order valence-corrected chi connectivity index (χ3v) is 13.0. The first kappa shape index (κ1) is 46.7.